The van der Waals surface area contributed by atoms with E-state index in [-0.39, 0.29) is 11.9 Å². The fraction of sp³-hybridized carbons (Fsp3) is 0.688. The molecule has 2 heterocycles. The van der Waals surface area contributed by atoms with Gasteiger partial charge in [0, 0.05) is 0 Å². The largest absolute Gasteiger partial charge is 0.480 e. The Bertz CT molecular complexity index is 523. The van der Waals surface area contributed by atoms with E-state index in [0.29, 0.717) is 25.7 Å². The molecule has 3 atom stereocenters. The summed E-state index contributed by atoms with van der Waals surface area (Å²) >= 11 is 0. The molecule has 0 aromatic carbocycles. The standard InChI is InChI=1S/C16H24N2O5/c1-16(2,3)23-15(22)17-11-7-5-4-6-10-8-9-12(14(20)21)18(10)13(11)19/h4,6,10-12H,5,7-9H2,1-3H3,(H,17,22)(H,20,21)/b6-4-/t10-,11-,12-/m0/s1. The molecule has 0 saturated carbocycles. The Morgan fingerprint density at radius 2 is 2.00 bits per heavy atom. The van der Waals surface area contributed by atoms with Crippen molar-refractivity contribution >= 4 is 18.0 Å². The second kappa shape index (κ2) is 6.60. The highest BCUT2D eigenvalue weighted by atomic mass is 16.6. The summed E-state index contributed by atoms with van der Waals surface area (Å²) in [5.41, 5.74) is -0.658. The number of nitrogens with zero attached hydrogens (tertiary/aromatic N) is 1. The molecule has 0 aromatic rings. The number of carboxylic acid groups (broad SMARTS) is 1. The molecule has 2 amide bonds. The Hall–Kier alpha value is -2.05. The van der Waals surface area contributed by atoms with Gasteiger partial charge in [-0.1, -0.05) is 12.2 Å². The molecule has 7 nitrogen and oxygen atoms in total. The van der Waals surface area contributed by atoms with E-state index in [4.69, 9.17) is 4.74 Å². The van der Waals surface area contributed by atoms with Crippen LogP contribution < -0.4 is 5.32 Å². The summed E-state index contributed by atoms with van der Waals surface area (Å²) in [5.74, 6) is -1.36. The van der Waals surface area contributed by atoms with Crippen LogP contribution in [0.2, 0.25) is 0 Å². The number of hydrogen-bond donors (Lipinski definition) is 2. The molecule has 1 saturated heterocycles. The molecule has 128 valence electrons. The average molecular weight is 324 g/mol. The lowest BCUT2D eigenvalue weighted by atomic mass is 10.0. The molecule has 1 fully saturated rings. The van der Waals surface area contributed by atoms with Crippen LogP contribution >= 0.6 is 0 Å². The van der Waals surface area contributed by atoms with Crippen LogP contribution in [0.4, 0.5) is 4.79 Å². The fourth-order valence-electron chi connectivity index (χ4n) is 2.99. The summed E-state index contributed by atoms with van der Waals surface area (Å²) in [5, 5.41) is 11.9. The number of hydrogen-bond acceptors (Lipinski definition) is 4. The summed E-state index contributed by atoms with van der Waals surface area (Å²) in [4.78, 5) is 37.5. The van der Waals surface area contributed by atoms with Crippen molar-refractivity contribution < 1.29 is 24.2 Å². The van der Waals surface area contributed by atoms with Gasteiger partial charge in [-0.2, -0.15) is 0 Å². The normalized spacial score (nSPS) is 29.3. The summed E-state index contributed by atoms with van der Waals surface area (Å²) in [6, 6.07) is -1.82. The van der Waals surface area contributed by atoms with Crippen LogP contribution in [-0.2, 0) is 14.3 Å². The molecular formula is C16H24N2O5. The molecule has 7 heteroatoms. The number of amides is 2. The van der Waals surface area contributed by atoms with E-state index in [1.807, 2.05) is 12.2 Å². The zero-order valence-corrected chi connectivity index (χ0v) is 13.7. The molecule has 0 spiro atoms. The summed E-state index contributed by atoms with van der Waals surface area (Å²) in [6.45, 7) is 5.23. The van der Waals surface area contributed by atoms with E-state index in [0.717, 1.165) is 0 Å². The van der Waals surface area contributed by atoms with Gasteiger partial charge in [-0.3, -0.25) is 4.79 Å². The fourth-order valence-corrected chi connectivity index (χ4v) is 2.99. The quantitative estimate of drug-likeness (QED) is 0.753. The molecule has 0 radical (unpaired) electrons. The van der Waals surface area contributed by atoms with Crippen molar-refractivity contribution in [2.45, 2.75) is 70.2 Å². The Kier molecular flexibility index (Phi) is 4.97. The smallest absolute Gasteiger partial charge is 0.408 e. The van der Waals surface area contributed by atoms with Crippen molar-refractivity contribution in [1.82, 2.24) is 10.2 Å². The molecule has 2 rings (SSSR count). The van der Waals surface area contributed by atoms with Gasteiger partial charge in [-0.05, 0) is 46.5 Å². The van der Waals surface area contributed by atoms with Gasteiger partial charge in [-0.15, -0.1) is 0 Å². The van der Waals surface area contributed by atoms with Gasteiger partial charge in [0.2, 0.25) is 5.91 Å². The first kappa shape index (κ1) is 17.3. The van der Waals surface area contributed by atoms with Crippen molar-refractivity contribution in [3.8, 4) is 0 Å². The van der Waals surface area contributed by atoms with E-state index in [2.05, 4.69) is 5.32 Å². The number of carboxylic acids is 1. The van der Waals surface area contributed by atoms with E-state index in [9.17, 15) is 19.5 Å². The van der Waals surface area contributed by atoms with Crippen LogP contribution in [0.3, 0.4) is 0 Å². The Labute approximate surface area is 135 Å². The predicted molar refractivity (Wildman–Crippen MR) is 82.8 cm³/mol. The maximum absolute atomic E-state index is 12.8. The van der Waals surface area contributed by atoms with Gasteiger partial charge in [0.25, 0.3) is 0 Å². The number of allylic oxidation sites excluding steroid dienone is 1. The van der Waals surface area contributed by atoms with E-state index < -0.39 is 29.7 Å². The molecule has 2 aliphatic heterocycles. The molecule has 0 bridgehead atoms. The highest BCUT2D eigenvalue weighted by molar-refractivity contribution is 5.90. The molecular weight excluding hydrogens is 300 g/mol. The van der Waals surface area contributed by atoms with Crippen molar-refractivity contribution in [1.29, 1.82) is 0 Å². The van der Waals surface area contributed by atoms with Gasteiger partial charge >= 0.3 is 12.1 Å². The second-order valence-corrected chi connectivity index (χ2v) is 6.95. The molecule has 0 aromatic heterocycles. The number of nitrogens with one attached hydrogen (secondary N) is 1. The summed E-state index contributed by atoms with van der Waals surface area (Å²) in [6.07, 6.45) is 5.29. The lowest BCUT2D eigenvalue weighted by Gasteiger charge is -2.32. The lowest BCUT2D eigenvalue weighted by molar-refractivity contribution is -0.150. The molecule has 0 unspecified atom stereocenters. The minimum absolute atomic E-state index is 0.216. The third-order valence-corrected chi connectivity index (χ3v) is 3.94. The van der Waals surface area contributed by atoms with E-state index in [1.165, 1.54) is 4.90 Å². The van der Waals surface area contributed by atoms with E-state index in [1.54, 1.807) is 20.8 Å². The zero-order chi connectivity index (χ0) is 17.2. The topological polar surface area (TPSA) is 95.9 Å². The van der Waals surface area contributed by atoms with Gasteiger partial charge in [0.15, 0.2) is 0 Å². The van der Waals surface area contributed by atoms with Crippen LogP contribution in [0.25, 0.3) is 0 Å². The first-order valence-electron chi connectivity index (χ1n) is 7.90. The second-order valence-electron chi connectivity index (χ2n) is 6.95. The van der Waals surface area contributed by atoms with Crippen molar-refractivity contribution in [3.05, 3.63) is 12.2 Å². The molecule has 2 aliphatic rings. The summed E-state index contributed by atoms with van der Waals surface area (Å²) < 4.78 is 5.19. The van der Waals surface area contributed by atoms with Crippen molar-refractivity contribution in [3.63, 3.8) is 0 Å². The first-order valence-corrected chi connectivity index (χ1v) is 7.90. The number of carbonyl (C=O) groups is 3. The maximum atomic E-state index is 12.8. The Balaban J connectivity index is 2.14. The van der Waals surface area contributed by atoms with Crippen LogP contribution in [0.5, 0.6) is 0 Å². The number of rotatable bonds is 2. The summed E-state index contributed by atoms with van der Waals surface area (Å²) in [7, 11) is 0. The van der Waals surface area contributed by atoms with Gasteiger partial charge < -0.3 is 20.1 Å². The van der Waals surface area contributed by atoms with Gasteiger partial charge in [0.05, 0.1) is 6.04 Å². The Morgan fingerprint density at radius 3 is 2.61 bits per heavy atom. The Morgan fingerprint density at radius 1 is 1.30 bits per heavy atom. The third kappa shape index (κ3) is 4.24. The highest BCUT2D eigenvalue weighted by Gasteiger charge is 2.43. The van der Waals surface area contributed by atoms with Crippen LogP contribution in [-0.4, -0.2) is 51.7 Å². The SMILES string of the molecule is CC(C)(C)OC(=O)N[C@H]1CC/C=C\[C@H]2CC[C@@H](C(=O)O)N2C1=O. The number of carbonyl (C=O) groups excluding carboxylic acids is 2. The average Bonchev–Trinajstić information content (AvgIpc) is 2.81. The van der Waals surface area contributed by atoms with Crippen LogP contribution in [0.15, 0.2) is 12.2 Å². The minimum atomic E-state index is -1.01. The third-order valence-electron chi connectivity index (χ3n) is 3.94. The highest BCUT2D eigenvalue weighted by Crippen LogP contribution is 2.28. The monoisotopic (exact) mass is 324 g/mol. The predicted octanol–water partition coefficient (Wildman–Crippen LogP) is 1.67. The van der Waals surface area contributed by atoms with E-state index >= 15 is 0 Å². The molecule has 23 heavy (non-hydrogen) atoms. The van der Waals surface area contributed by atoms with Crippen LogP contribution in [0.1, 0.15) is 46.5 Å². The molecule has 0 aliphatic carbocycles. The number of ether oxygens (including phenoxy) is 1. The lowest BCUT2D eigenvalue weighted by Crippen LogP contribution is -2.54. The van der Waals surface area contributed by atoms with Crippen molar-refractivity contribution in [2.75, 3.05) is 0 Å². The van der Waals surface area contributed by atoms with Crippen LogP contribution in [0, 0.1) is 0 Å². The van der Waals surface area contributed by atoms with Crippen molar-refractivity contribution in [2.24, 2.45) is 0 Å². The van der Waals surface area contributed by atoms with Gasteiger partial charge in [-0.25, -0.2) is 9.59 Å². The zero-order valence-electron chi connectivity index (χ0n) is 13.7. The molecule has 2 N–H and O–H groups in total. The minimum Gasteiger partial charge on any atom is -0.480 e. The maximum Gasteiger partial charge on any atom is 0.408 e. The van der Waals surface area contributed by atoms with Gasteiger partial charge in [0.1, 0.15) is 17.7 Å². The number of alkyl carbamates (subject to hydrolysis) is 1. The number of aliphatic carboxylic acids is 1. The number of fused-ring (bicyclic) bond motifs is 1. The first-order chi connectivity index (χ1) is 10.7.